The number of primary sulfonamides is 1. The molecule has 0 radical (unpaired) electrons. The van der Waals surface area contributed by atoms with Crippen molar-refractivity contribution in [3.05, 3.63) is 0 Å². The average Bonchev–Trinajstić information content (AvgIpc) is 1.77. The average molecular weight is 273 g/mol. The second-order valence-corrected chi connectivity index (χ2v) is 10.6. The van der Waals surface area contributed by atoms with E-state index >= 15 is 0 Å². The predicted octanol–water partition coefficient (Wildman–Crippen LogP) is 0.903. The second kappa shape index (κ2) is 5.01. The first kappa shape index (κ1) is 18.2. The van der Waals surface area contributed by atoms with Gasteiger partial charge in [0.2, 0.25) is 10.0 Å². The number of nitrogens with two attached hydrogens (primary N) is 1. The van der Waals surface area contributed by atoms with Crippen molar-refractivity contribution in [3.8, 4) is 0 Å². The Morgan fingerprint density at radius 1 is 0.750 bits per heavy atom. The van der Waals surface area contributed by atoms with Gasteiger partial charge in [0.15, 0.2) is 9.84 Å². The number of rotatable bonds is 0. The molecule has 0 spiro atoms. The van der Waals surface area contributed by atoms with E-state index in [1.807, 2.05) is 0 Å². The van der Waals surface area contributed by atoms with Crippen LogP contribution in [-0.2, 0) is 19.9 Å². The third-order valence-electron chi connectivity index (χ3n) is 1.97. The molecular weight excluding hydrogens is 250 g/mol. The summed E-state index contributed by atoms with van der Waals surface area (Å²) in [5.74, 6) is 0. The fraction of sp³-hybridized carbons (Fsp3) is 1.00. The predicted molar refractivity (Wildman–Crippen MR) is 67.5 cm³/mol. The maximum Gasteiger partial charge on any atom is 0.214 e. The first-order valence-corrected chi connectivity index (χ1v) is 8.16. The van der Waals surface area contributed by atoms with Crippen molar-refractivity contribution in [3.63, 3.8) is 0 Å². The smallest absolute Gasteiger partial charge is 0.214 e. The molecule has 0 aliphatic heterocycles. The largest absolute Gasteiger partial charge is 0.229 e. The van der Waals surface area contributed by atoms with Crippen LogP contribution in [0.2, 0.25) is 0 Å². The molecule has 0 atom stereocenters. The van der Waals surface area contributed by atoms with Crippen molar-refractivity contribution in [2.45, 2.75) is 51.0 Å². The molecule has 0 aromatic heterocycles. The van der Waals surface area contributed by atoms with Gasteiger partial charge in [0.05, 0.1) is 9.49 Å². The lowest BCUT2D eigenvalue weighted by Crippen LogP contribution is -2.34. The maximum atomic E-state index is 10.7. The molecule has 0 saturated carbocycles. The van der Waals surface area contributed by atoms with Crippen molar-refractivity contribution in [2.75, 3.05) is 6.26 Å². The minimum atomic E-state index is -3.34. The van der Waals surface area contributed by atoms with E-state index in [-0.39, 0.29) is 0 Å². The molecule has 16 heavy (non-hydrogen) atoms. The zero-order valence-corrected chi connectivity index (χ0v) is 12.7. The Labute approximate surface area is 99.4 Å². The Bertz CT molecular complexity index is 365. The molecule has 2 N–H and O–H groups in total. The van der Waals surface area contributed by atoms with E-state index < -0.39 is 29.4 Å². The fourth-order valence-corrected chi connectivity index (χ4v) is 0. The lowest BCUT2D eigenvalue weighted by molar-refractivity contribution is 0.562. The van der Waals surface area contributed by atoms with Crippen LogP contribution in [0.15, 0.2) is 0 Å². The van der Waals surface area contributed by atoms with Gasteiger partial charge in [-0.05, 0) is 41.5 Å². The van der Waals surface area contributed by atoms with E-state index in [0.717, 1.165) is 0 Å². The Kier molecular flexibility index (Phi) is 5.71. The normalized spacial score (nSPS) is 14.0. The Hall–Kier alpha value is -0.140. The van der Waals surface area contributed by atoms with E-state index in [9.17, 15) is 16.8 Å². The molecule has 0 fully saturated rings. The van der Waals surface area contributed by atoms with Gasteiger partial charge < -0.3 is 0 Å². The van der Waals surface area contributed by atoms with Crippen LogP contribution < -0.4 is 5.14 Å². The van der Waals surface area contributed by atoms with Crippen molar-refractivity contribution < 1.29 is 16.8 Å². The van der Waals surface area contributed by atoms with E-state index in [1.165, 1.54) is 6.26 Å². The zero-order valence-electron chi connectivity index (χ0n) is 11.0. The summed E-state index contributed by atoms with van der Waals surface area (Å²) in [7, 11) is -6.18. The maximum absolute atomic E-state index is 10.7. The molecule has 0 aromatic carbocycles. The van der Waals surface area contributed by atoms with E-state index in [2.05, 4.69) is 0 Å². The lowest BCUT2D eigenvalue weighted by atomic mass is 10.3. The van der Waals surface area contributed by atoms with E-state index in [0.29, 0.717) is 0 Å². The number of hydrogen-bond donors (Lipinski definition) is 1. The molecule has 0 aromatic rings. The van der Waals surface area contributed by atoms with Gasteiger partial charge >= 0.3 is 0 Å². The van der Waals surface area contributed by atoms with Gasteiger partial charge in [-0.2, -0.15) is 0 Å². The van der Waals surface area contributed by atoms with Crippen LogP contribution in [0.25, 0.3) is 0 Å². The van der Waals surface area contributed by atoms with Crippen LogP contribution >= 0.6 is 0 Å². The summed E-state index contributed by atoms with van der Waals surface area (Å²) in [6.45, 7) is 9.72. The van der Waals surface area contributed by atoms with Crippen molar-refractivity contribution in [1.82, 2.24) is 0 Å². The summed E-state index contributed by atoms with van der Waals surface area (Å²) in [6.07, 6.45) is 1.24. The number of hydrogen-bond acceptors (Lipinski definition) is 4. The van der Waals surface area contributed by atoms with Crippen LogP contribution in [0, 0.1) is 0 Å². The molecule has 0 aliphatic carbocycles. The van der Waals surface area contributed by atoms with Crippen LogP contribution in [0.1, 0.15) is 41.5 Å². The quantitative estimate of drug-likeness (QED) is 0.709. The Balaban J connectivity index is 0. The van der Waals surface area contributed by atoms with Gasteiger partial charge in [-0.25, -0.2) is 22.0 Å². The summed E-state index contributed by atoms with van der Waals surface area (Å²) in [4.78, 5) is 0. The van der Waals surface area contributed by atoms with Gasteiger partial charge in [-0.3, -0.25) is 0 Å². The van der Waals surface area contributed by atoms with Gasteiger partial charge in [0.1, 0.15) is 0 Å². The third-order valence-corrected chi connectivity index (χ3v) is 5.90. The Morgan fingerprint density at radius 3 is 0.875 bits per heavy atom. The molecular formula is C9H23NO4S2. The van der Waals surface area contributed by atoms with Crippen LogP contribution in [0.4, 0.5) is 0 Å². The van der Waals surface area contributed by atoms with Crippen molar-refractivity contribution in [2.24, 2.45) is 5.14 Å². The van der Waals surface area contributed by atoms with E-state index in [4.69, 9.17) is 5.14 Å². The highest BCUT2D eigenvalue weighted by molar-refractivity contribution is 7.92. The molecule has 0 heterocycles. The molecule has 0 bridgehead atoms. The summed E-state index contributed by atoms with van der Waals surface area (Å²) >= 11 is 0. The molecule has 5 nitrogen and oxygen atoms in total. The lowest BCUT2D eigenvalue weighted by Gasteiger charge is -2.14. The molecule has 7 heteroatoms. The monoisotopic (exact) mass is 273 g/mol. The van der Waals surface area contributed by atoms with Gasteiger partial charge in [-0.15, -0.1) is 0 Å². The fourth-order valence-electron chi connectivity index (χ4n) is 0. The third kappa shape index (κ3) is 7.19. The number of sulfone groups is 1. The van der Waals surface area contributed by atoms with Crippen molar-refractivity contribution in [1.29, 1.82) is 0 Å². The summed E-state index contributed by atoms with van der Waals surface area (Å²) < 4.78 is 40.8. The van der Waals surface area contributed by atoms with E-state index in [1.54, 1.807) is 41.5 Å². The van der Waals surface area contributed by atoms with Crippen LogP contribution in [0.5, 0.6) is 0 Å². The zero-order chi connectivity index (χ0) is 14.0. The summed E-state index contributed by atoms with van der Waals surface area (Å²) in [5.41, 5.74) is 0. The van der Waals surface area contributed by atoms with Crippen molar-refractivity contribution >= 4 is 19.9 Å². The first-order valence-electron chi connectivity index (χ1n) is 4.72. The topological polar surface area (TPSA) is 94.3 Å². The summed E-state index contributed by atoms with van der Waals surface area (Å²) in [6, 6.07) is 0. The second-order valence-electron chi connectivity index (χ2n) is 5.54. The molecule has 0 saturated heterocycles. The minimum Gasteiger partial charge on any atom is -0.229 e. The summed E-state index contributed by atoms with van der Waals surface area (Å²) in [5, 5.41) is 4.78. The highest BCUT2D eigenvalue weighted by Gasteiger charge is 2.24. The Morgan fingerprint density at radius 2 is 0.875 bits per heavy atom. The molecule has 100 valence electrons. The number of sulfonamides is 1. The van der Waals surface area contributed by atoms with Crippen LogP contribution in [0.3, 0.4) is 0 Å². The molecule has 0 aliphatic rings. The minimum absolute atomic E-state index is 0.590. The van der Waals surface area contributed by atoms with Gasteiger partial charge in [-0.1, -0.05) is 0 Å². The molecule has 0 unspecified atom stereocenters. The SMILES string of the molecule is CC(C)(C)S(C)(=O)=O.CC(C)(C)S(N)(=O)=O. The highest BCUT2D eigenvalue weighted by Crippen LogP contribution is 2.11. The molecule has 0 rings (SSSR count). The standard InChI is InChI=1S/C5H12O2S.C4H11NO2S/c1-5(2,3)8(4,6)7;1-4(2,3)8(5,6)7/h1-4H3;1-3H3,(H2,5,6,7). The highest BCUT2D eigenvalue weighted by atomic mass is 32.2. The van der Waals surface area contributed by atoms with Crippen LogP contribution in [-0.4, -0.2) is 32.6 Å². The van der Waals surface area contributed by atoms with Gasteiger partial charge in [0, 0.05) is 6.26 Å². The molecule has 0 amide bonds. The van der Waals surface area contributed by atoms with Gasteiger partial charge in [0.25, 0.3) is 0 Å². The first-order chi connectivity index (χ1) is 6.50.